The van der Waals surface area contributed by atoms with Crippen LogP contribution in [0.5, 0.6) is 0 Å². The highest BCUT2D eigenvalue weighted by molar-refractivity contribution is 5.81. The fraction of sp³-hybridized carbons (Fsp3) is 0.500. The van der Waals surface area contributed by atoms with Gasteiger partial charge >= 0.3 is 6.18 Å². The summed E-state index contributed by atoms with van der Waals surface area (Å²) >= 11 is 0. The van der Waals surface area contributed by atoms with Crippen molar-refractivity contribution in [3.8, 4) is 0 Å². The normalized spacial score (nSPS) is 17.5. The number of halogens is 3. The molecule has 5 heteroatoms. The van der Waals surface area contributed by atoms with Crippen LogP contribution < -0.4 is 4.99 Å². The Morgan fingerprint density at radius 3 is 2.55 bits per heavy atom. The molecule has 0 aromatic carbocycles. The third kappa shape index (κ3) is 2.25. The van der Waals surface area contributed by atoms with Gasteiger partial charge in [0.15, 0.2) is 12.7 Å². The lowest BCUT2D eigenvalue weighted by Gasteiger charge is -2.09. The molecule has 0 atom stereocenters. The van der Waals surface area contributed by atoms with Crippen LogP contribution in [0.1, 0.15) is 6.92 Å². The molecule has 1 aliphatic rings. The van der Waals surface area contributed by atoms with Crippen LogP contribution in [0.2, 0.25) is 0 Å². The van der Waals surface area contributed by atoms with E-state index in [0.29, 0.717) is 5.84 Å². The van der Waals surface area contributed by atoms with Crippen LogP contribution in [0.15, 0.2) is 12.4 Å². The van der Waals surface area contributed by atoms with Crippen molar-refractivity contribution in [1.29, 1.82) is 0 Å². The molecule has 1 radical (unpaired) electrons. The zero-order chi connectivity index (χ0) is 8.48. The summed E-state index contributed by atoms with van der Waals surface area (Å²) in [5, 5.41) is 0. The lowest BCUT2D eigenvalue weighted by Crippen LogP contribution is -2.32. The van der Waals surface area contributed by atoms with Crippen molar-refractivity contribution in [3.63, 3.8) is 0 Å². The van der Waals surface area contributed by atoms with E-state index < -0.39 is 12.7 Å². The van der Waals surface area contributed by atoms with Gasteiger partial charge in [-0.3, -0.25) is 0 Å². The van der Waals surface area contributed by atoms with Gasteiger partial charge in [0.1, 0.15) is 6.20 Å². The van der Waals surface area contributed by atoms with Crippen LogP contribution >= 0.6 is 0 Å². The smallest absolute Gasteiger partial charge is 0.222 e. The minimum Gasteiger partial charge on any atom is -0.222 e. The Bertz CT molecular complexity index is 204. The molecule has 0 saturated heterocycles. The average molecular weight is 164 g/mol. The summed E-state index contributed by atoms with van der Waals surface area (Å²) in [6, 6.07) is 0. The predicted molar refractivity (Wildman–Crippen MR) is 34.7 cm³/mol. The fourth-order valence-electron chi connectivity index (χ4n) is 0.764. The van der Waals surface area contributed by atoms with Gasteiger partial charge in [-0.15, -0.1) is 0 Å². The summed E-state index contributed by atoms with van der Waals surface area (Å²) in [6.45, 7) is 0.574. The first-order chi connectivity index (χ1) is 4.99. The van der Waals surface area contributed by atoms with Crippen LogP contribution in [0.4, 0.5) is 13.2 Å². The first-order valence-corrected chi connectivity index (χ1v) is 3.03. The van der Waals surface area contributed by atoms with Gasteiger partial charge in [-0.05, 0) is 0 Å². The Morgan fingerprint density at radius 2 is 2.18 bits per heavy atom. The Morgan fingerprint density at radius 1 is 1.55 bits per heavy atom. The van der Waals surface area contributed by atoms with Gasteiger partial charge in [0.05, 0.1) is 0 Å². The van der Waals surface area contributed by atoms with Crippen LogP contribution in [-0.4, -0.2) is 23.5 Å². The van der Waals surface area contributed by atoms with E-state index in [1.807, 2.05) is 0 Å². The number of nitrogens with zero attached hydrogens (tertiary/aromatic N) is 2. The molecule has 1 rings (SSSR count). The Kier molecular flexibility index (Phi) is 1.89. The van der Waals surface area contributed by atoms with E-state index in [0.717, 1.165) is 4.90 Å². The number of hydrogen-bond acceptors (Lipinski definition) is 2. The maximum atomic E-state index is 11.8. The van der Waals surface area contributed by atoms with Crippen molar-refractivity contribution >= 4 is 5.84 Å². The second-order valence-electron chi connectivity index (χ2n) is 2.22. The lowest BCUT2D eigenvalue weighted by atomic mass is 10.5. The summed E-state index contributed by atoms with van der Waals surface area (Å²) in [5.41, 5.74) is 0. The van der Waals surface area contributed by atoms with E-state index in [1.54, 1.807) is 0 Å². The average Bonchev–Trinajstić information content (AvgIpc) is 2.12. The number of aliphatic imine (C=N–C) groups is 1. The molecule has 61 valence electrons. The summed E-state index contributed by atoms with van der Waals surface area (Å²) in [4.78, 5) is 4.72. The third-order valence-corrected chi connectivity index (χ3v) is 1.27. The first-order valence-electron chi connectivity index (χ1n) is 3.03. The number of alkyl halides is 3. The maximum absolute atomic E-state index is 11.8. The standard InChI is InChI=1S/C6H7F3N2/c1-5-10-2-3-11(5)4-6(7,8)9/h2-3H,4H2,1H3/q+1. The monoisotopic (exact) mass is 164 g/mol. The molecule has 1 heterocycles. The van der Waals surface area contributed by atoms with Crippen LogP contribution in [0.3, 0.4) is 0 Å². The van der Waals surface area contributed by atoms with Crippen molar-refractivity contribution in [2.45, 2.75) is 13.1 Å². The van der Waals surface area contributed by atoms with Gasteiger partial charge in [-0.1, -0.05) is 4.99 Å². The third-order valence-electron chi connectivity index (χ3n) is 1.27. The minimum atomic E-state index is -4.16. The number of hydrogen-bond donors (Lipinski definition) is 0. The van der Waals surface area contributed by atoms with Crippen molar-refractivity contribution in [1.82, 2.24) is 9.89 Å². The molecule has 1 aliphatic heterocycles. The van der Waals surface area contributed by atoms with E-state index >= 15 is 0 Å². The highest BCUT2D eigenvalue weighted by atomic mass is 19.4. The van der Waals surface area contributed by atoms with Gasteiger partial charge in [0.25, 0.3) is 5.84 Å². The lowest BCUT2D eigenvalue weighted by molar-refractivity contribution is -0.133. The summed E-state index contributed by atoms with van der Waals surface area (Å²) < 4.78 is 35.3. The van der Waals surface area contributed by atoms with E-state index in [1.165, 1.54) is 19.3 Å². The molecule has 2 nitrogen and oxygen atoms in total. The Hall–Kier alpha value is -1.00. The molecule has 0 bridgehead atoms. The second kappa shape index (κ2) is 2.56. The zero-order valence-corrected chi connectivity index (χ0v) is 5.89. The largest absolute Gasteiger partial charge is 0.426 e. The van der Waals surface area contributed by atoms with Crippen molar-refractivity contribution in [3.05, 3.63) is 12.4 Å². The van der Waals surface area contributed by atoms with Crippen molar-refractivity contribution in [2.24, 2.45) is 0 Å². The molecule has 0 spiro atoms. The van der Waals surface area contributed by atoms with E-state index in [4.69, 9.17) is 0 Å². The van der Waals surface area contributed by atoms with Crippen molar-refractivity contribution < 1.29 is 13.2 Å². The summed E-state index contributed by atoms with van der Waals surface area (Å²) in [6.07, 6.45) is -1.50. The summed E-state index contributed by atoms with van der Waals surface area (Å²) in [7, 11) is 0. The molecule has 0 amide bonds. The topological polar surface area (TPSA) is 17.3 Å². The first kappa shape index (κ1) is 8.10. The molecule has 0 aromatic heterocycles. The molecule has 0 aromatic rings. The van der Waals surface area contributed by atoms with E-state index in [-0.39, 0.29) is 0 Å². The number of amidine groups is 1. The second-order valence-corrected chi connectivity index (χ2v) is 2.22. The van der Waals surface area contributed by atoms with Gasteiger partial charge in [0, 0.05) is 6.92 Å². The van der Waals surface area contributed by atoms with Gasteiger partial charge < -0.3 is 0 Å². The SMILES string of the molecule is CC1=[N+]C=CN1CC(F)(F)F. The Labute approximate surface area is 62.0 Å². The minimum absolute atomic E-state index is 0.377. The van der Waals surface area contributed by atoms with Crippen LogP contribution in [0, 0.1) is 0 Å². The van der Waals surface area contributed by atoms with Crippen LogP contribution in [0.25, 0.3) is 0 Å². The molecule has 0 aliphatic carbocycles. The molecule has 0 fully saturated rings. The molecule has 0 saturated carbocycles. The summed E-state index contributed by atoms with van der Waals surface area (Å²) in [5.74, 6) is 0.377. The molecule has 0 unspecified atom stereocenters. The maximum Gasteiger partial charge on any atom is 0.426 e. The highest BCUT2D eigenvalue weighted by Gasteiger charge is 2.36. The fourth-order valence-corrected chi connectivity index (χ4v) is 0.764. The van der Waals surface area contributed by atoms with Gasteiger partial charge in [0.2, 0.25) is 0 Å². The van der Waals surface area contributed by atoms with Gasteiger partial charge in [-0.25, -0.2) is 4.90 Å². The van der Waals surface area contributed by atoms with E-state index in [9.17, 15) is 13.2 Å². The highest BCUT2D eigenvalue weighted by Crippen LogP contribution is 2.17. The number of rotatable bonds is 1. The Balaban J connectivity index is 2.52. The molecule has 0 N–H and O–H groups in total. The van der Waals surface area contributed by atoms with E-state index in [2.05, 4.69) is 4.99 Å². The zero-order valence-electron chi connectivity index (χ0n) is 5.89. The quantitative estimate of drug-likeness (QED) is 0.567. The van der Waals surface area contributed by atoms with Crippen molar-refractivity contribution in [2.75, 3.05) is 6.54 Å². The predicted octanol–water partition coefficient (Wildman–Crippen LogP) is 1.09. The molecular formula is C6H7F3N2+. The molecule has 11 heavy (non-hydrogen) atoms. The molecular weight excluding hydrogens is 157 g/mol. The van der Waals surface area contributed by atoms with Crippen LogP contribution in [-0.2, 0) is 0 Å². The van der Waals surface area contributed by atoms with Gasteiger partial charge in [-0.2, -0.15) is 13.2 Å².